The lowest BCUT2D eigenvalue weighted by atomic mass is 9.90. The molecule has 1 unspecified atom stereocenters. The molecule has 2 amide bonds. The first-order valence-electron chi connectivity index (χ1n) is 11.1. The molecule has 0 aromatic heterocycles. The van der Waals surface area contributed by atoms with E-state index >= 15 is 0 Å². The Morgan fingerprint density at radius 3 is 2.40 bits per heavy atom. The number of carboxylic acid groups (broad SMARTS) is 2. The molecule has 2 aliphatic rings. The van der Waals surface area contributed by atoms with Gasteiger partial charge in [-0.15, -0.1) is 0 Å². The van der Waals surface area contributed by atoms with Crippen LogP contribution in [0.4, 0.5) is 18.0 Å². The van der Waals surface area contributed by atoms with Gasteiger partial charge in [0.25, 0.3) is 0 Å². The van der Waals surface area contributed by atoms with Crippen molar-refractivity contribution >= 4 is 29.7 Å². The van der Waals surface area contributed by atoms with Crippen LogP contribution >= 0.6 is 0 Å². The van der Waals surface area contributed by atoms with Crippen molar-refractivity contribution in [2.45, 2.75) is 63.8 Å². The Labute approximate surface area is 199 Å². The number of hydrogen-bond donors (Lipinski definition) is 5. The highest BCUT2D eigenvalue weighted by atomic mass is 19.4. The van der Waals surface area contributed by atoms with E-state index in [-0.39, 0.29) is 31.6 Å². The number of rotatable bonds is 10. The van der Waals surface area contributed by atoms with E-state index in [9.17, 15) is 32.7 Å². The maximum atomic E-state index is 12.1. The van der Waals surface area contributed by atoms with Crippen molar-refractivity contribution < 1.29 is 52.1 Å². The van der Waals surface area contributed by atoms with Crippen molar-refractivity contribution in [2.75, 3.05) is 26.2 Å². The average Bonchev–Trinajstić information content (AvgIpc) is 3.25. The number of piperidine rings is 1. The van der Waals surface area contributed by atoms with Gasteiger partial charge in [-0.1, -0.05) is 18.5 Å². The number of hydrogen-bond acceptors (Lipinski definition) is 8. The summed E-state index contributed by atoms with van der Waals surface area (Å²) in [5.41, 5.74) is 0.999. The summed E-state index contributed by atoms with van der Waals surface area (Å²) in [6.45, 7) is 3.86. The Morgan fingerprint density at radius 2 is 1.86 bits per heavy atom. The summed E-state index contributed by atoms with van der Waals surface area (Å²) in [4.78, 5) is 49.2. The second-order valence-corrected chi connectivity index (χ2v) is 7.87. The summed E-state index contributed by atoms with van der Waals surface area (Å²) in [6, 6.07) is -1.26. The summed E-state index contributed by atoms with van der Waals surface area (Å²) in [6.07, 6.45) is -1.94. The number of aliphatic carboxylic acids is 2. The predicted molar refractivity (Wildman–Crippen MR) is 115 cm³/mol. The van der Waals surface area contributed by atoms with Gasteiger partial charge < -0.3 is 35.7 Å². The van der Waals surface area contributed by atoms with E-state index < -0.39 is 30.2 Å². The number of unbranched alkanes of at least 4 members (excludes halogenated alkanes) is 1. The Bertz CT molecular complexity index is 757. The van der Waals surface area contributed by atoms with Gasteiger partial charge in [0, 0.05) is 18.9 Å². The topological polar surface area (TPSA) is 176 Å². The third kappa shape index (κ3) is 12.2. The highest BCUT2D eigenvalue weighted by Gasteiger charge is 2.38. The van der Waals surface area contributed by atoms with E-state index in [1.807, 2.05) is 6.92 Å². The van der Waals surface area contributed by atoms with Crippen molar-refractivity contribution in [2.24, 2.45) is 11.1 Å². The van der Waals surface area contributed by atoms with Crippen molar-refractivity contribution in [3.8, 4) is 0 Å². The van der Waals surface area contributed by atoms with Gasteiger partial charge >= 0.3 is 24.2 Å². The number of carboxylic acids is 2. The minimum absolute atomic E-state index is 0.0885. The van der Waals surface area contributed by atoms with Crippen molar-refractivity contribution in [3.63, 3.8) is 0 Å². The van der Waals surface area contributed by atoms with Gasteiger partial charge in [0.05, 0.1) is 18.7 Å². The highest BCUT2D eigenvalue weighted by Crippen LogP contribution is 2.24. The van der Waals surface area contributed by atoms with Crippen LogP contribution in [0.2, 0.25) is 0 Å². The third-order valence-electron chi connectivity index (χ3n) is 5.05. The largest absolute Gasteiger partial charge is 0.490 e. The van der Waals surface area contributed by atoms with Crippen LogP contribution in [0, 0.1) is 5.92 Å². The fourth-order valence-corrected chi connectivity index (χ4v) is 3.14. The molecule has 0 aromatic rings. The van der Waals surface area contributed by atoms with Crippen LogP contribution in [-0.4, -0.2) is 84.4 Å². The first-order chi connectivity index (χ1) is 16.4. The van der Waals surface area contributed by atoms with Crippen LogP contribution in [0.5, 0.6) is 0 Å². The number of oxime groups is 1. The summed E-state index contributed by atoms with van der Waals surface area (Å²) in [5.74, 6) is -3.96. The molecular weight excluding hydrogens is 481 g/mol. The molecule has 2 atom stereocenters. The quantitative estimate of drug-likeness (QED) is 0.270. The zero-order valence-electron chi connectivity index (χ0n) is 19.2. The van der Waals surface area contributed by atoms with Crippen LogP contribution in [0.3, 0.4) is 0 Å². The Hall–Kier alpha value is -3.10. The van der Waals surface area contributed by atoms with E-state index in [0.717, 1.165) is 38.1 Å². The molecular formula is C20H31F3N4O8. The van der Waals surface area contributed by atoms with Crippen LogP contribution < -0.4 is 16.0 Å². The number of nitrogens with one attached hydrogen (secondary N) is 3. The van der Waals surface area contributed by atoms with Gasteiger partial charge in [-0.3, -0.25) is 4.79 Å². The molecule has 1 fully saturated rings. The van der Waals surface area contributed by atoms with E-state index in [1.165, 1.54) is 0 Å². The molecule has 0 aromatic carbocycles. The van der Waals surface area contributed by atoms with Gasteiger partial charge in [0.2, 0.25) is 5.91 Å². The summed E-state index contributed by atoms with van der Waals surface area (Å²) < 4.78 is 36.6. The van der Waals surface area contributed by atoms with Gasteiger partial charge in [-0.2, -0.15) is 13.2 Å². The summed E-state index contributed by atoms with van der Waals surface area (Å²) >= 11 is 0. The Balaban J connectivity index is 0.000000762. The lowest BCUT2D eigenvalue weighted by molar-refractivity contribution is -0.192. The second kappa shape index (κ2) is 15.0. The first-order valence-corrected chi connectivity index (χ1v) is 11.1. The second-order valence-electron chi connectivity index (χ2n) is 7.87. The smallest absolute Gasteiger partial charge is 0.480 e. The number of alkyl halides is 3. The molecule has 0 spiro atoms. The maximum Gasteiger partial charge on any atom is 0.490 e. The summed E-state index contributed by atoms with van der Waals surface area (Å²) in [5, 5.41) is 28.5. The van der Waals surface area contributed by atoms with E-state index in [2.05, 4.69) is 21.1 Å². The molecule has 5 N–H and O–H groups in total. The maximum absolute atomic E-state index is 12.1. The predicted octanol–water partition coefficient (Wildman–Crippen LogP) is 1.25. The number of nitrogens with zero attached hydrogens (tertiary/aromatic N) is 1. The molecule has 0 radical (unpaired) electrons. The molecule has 2 rings (SSSR count). The number of carbonyl (C=O) groups is 4. The van der Waals surface area contributed by atoms with Crippen LogP contribution in [-0.2, 0) is 24.0 Å². The molecule has 35 heavy (non-hydrogen) atoms. The lowest BCUT2D eigenvalue weighted by Gasteiger charge is -2.21. The monoisotopic (exact) mass is 512 g/mol. The fourth-order valence-electron chi connectivity index (χ4n) is 3.14. The first kappa shape index (κ1) is 29.9. The van der Waals surface area contributed by atoms with Gasteiger partial charge in [0.15, 0.2) is 0 Å². The van der Waals surface area contributed by atoms with Gasteiger partial charge in [0.1, 0.15) is 12.1 Å². The normalized spacial score (nSPS) is 18.7. The molecule has 0 aliphatic carbocycles. The molecule has 15 heteroatoms. The minimum Gasteiger partial charge on any atom is -0.480 e. The molecule has 12 nitrogen and oxygen atoms in total. The molecule has 0 bridgehead atoms. The van der Waals surface area contributed by atoms with E-state index in [1.54, 1.807) is 0 Å². The van der Waals surface area contributed by atoms with Gasteiger partial charge in [-0.25, -0.2) is 14.4 Å². The summed E-state index contributed by atoms with van der Waals surface area (Å²) in [7, 11) is 0. The molecule has 0 saturated carbocycles. The zero-order chi connectivity index (χ0) is 26.4. The van der Waals surface area contributed by atoms with Crippen molar-refractivity contribution in [1.82, 2.24) is 16.0 Å². The zero-order valence-corrected chi connectivity index (χ0v) is 19.2. The standard InChI is InChI=1S/C18H30N4O6.C2HF3O2/c1-2-3-8-27-18(26)21-15(17(24)25)11-20-16(23)10-13-9-14(22-28-13)12-4-6-19-7-5-12;3-2(4,5)1(6)7/h12-13,15,19H,2-11H2,1H3,(H,20,23)(H,21,26)(H,24,25);(H,6,7)/t13?,15-;/m0./s1. The lowest BCUT2D eigenvalue weighted by Crippen LogP contribution is -2.48. The number of halogens is 3. The van der Waals surface area contributed by atoms with Crippen LogP contribution in [0.15, 0.2) is 5.16 Å². The molecule has 2 aliphatic heterocycles. The number of amides is 2. The van der Waals surface area contributed by atoms with Crippen molar-refractivity contribution in [1.29, 1.82) is 0 Å². The SMILES string of the molecule is CCCCOC(=O)N[C@@H](CNC(=O)CC1CC(C2CCNCC2)=NO1)C(=O)O.O=C(O)C(F)(F)F. The van der Waals surface area contributed by atoms with E-state index in [4.69, 9.17) is 19.5 Å². The van der Waals surface area contributed by atoms with E-state index in [0.29, 0.717) is 18.8 Å². The number of ether oxygens (including phenoxy) is 1. The number of alkyl carbamates (subject to hydrolysis) is 1. The Morgan fingerprint density at radius 1 is 1.23 bits per heavy atom. The minimum atomic E-state index is -5.08. The fraction of sp³-hybridized carbons (Fsp3) is 0.750. The number of carbonyl (C=O) groups excluding carboxylic acids is 2. The van der Waals surface area contributed by atoms with Crippen molar-refractivity contribution in [3.05, 3.63) is 0 Å². The molecule has 200 valence electrons. The highest BCUT2D eigenvalue weighted by molar-refractivity contribution is 5.89. The Kier molecular flexibility index (Phi) is 12.8. The molecule has 2 heterocycles. The van der Waals surface area contributed by atoms with Crippen LogP contribution in [0.25, 0.3) is 0 Å². The molecule has 1 saturated heterocycles. The third-order valence-corrected chi connectivity index (χ3v) is 5.05. The average molecular weight is 512 g/mol. The van der Waals surface area contributed by atoms with Gasteiger partial charge in [-0.05, 0) is 32.4 Å². The van der Waals surface area contributed by atoms with Crippen LogP contribution in [0.1, 0.15) is 45.4 Å².